The minimum atomic E-state index is -0.693. The molecule has 4 N–H and O–H groups in total. The van der Waals surface area contributed by atoms with Crippen molar-refractivity contribution in [1.82, 2.24) is 0 Å². The van der Waals surface area contributed by atoms with Gasteiger partial charge in [0.05, 0.1) is 19.8 Å². The minimum Gasteiger partial charge on any atom is -0.496 e. The first-order chi connectivity index (χ1) is 7.24. The van der Waals surface area contributed by atoms with Gasteiger partial charge in [-0.25, -0.2) is 0 Å². The lowest BCUT2D eigenvalue weighted by molar-refractivity contribution is 0.378. The molecule has 1 atom stereocenters. The molecule has 0 saturated carbocycles. The highest BCUT2D eigenvalue weighted by Gasteiger charge is 2.16. The number of nitrogens with two attached hydrogens (primary N) is 2. The van der Waals surface area contributed by atoms with Crippen molar-refractivity contribution in [2.24, 2.45) is 21.9 Å². The van der Waals surface area contributed by atoms with Crippen molar-refractivity contribution in [3.8, 4) is 11.5 Å². The number of benzene rings is 1. The molecule has 0 radical (unpaired) electrons. The SMILES string of the molecule is COc1cccc(OC)c1C(N)/N=N\N. The second kappa shape index (κ2) is 5.16. The standard InChI is InChI=1S/C9H14N4O2/c1-14-6-4-3-5-7(15-2)8(6)9(10)12-13-11/h3-5,9H,10H2,1-2H3,(H2,11,12). The number of methoxy groups -OCH3 is 2. The maximum absolute atomic E-state index is 5.76. The van der Waals surface area contributed by atoms with Crippen molar-refractivity contribution < 1.29 is 9.47 Å². The molecular formula is C9H14N4O2. The van der Waals surface area contributed by atoms with Gasteiger partial charge in [-0.05, 0) is 12.1 Å². The van der Waals surface area contributed by atoms with E-state index >= 15 is 0 Å². The van der Waals surface area contributed by atoms with Crippen LogP contribution in [0.3, 0.4) is 0 Å². The van der Waals surface area contributed by atoms with Gasteiger partial charge in [0.2, 0.25) is 0 Å². The summed E-state index contributed by atoms with van der Waals surface area (Å²) in [7, 11) is 3.09. The molecule has 6 heteroatoms. The summed E-state index contributed by atoms with van der Waals surface area (Å²) in [6.45, 7) is 0. The fraction of sp³-hybridized carbons (Fsp3) is 0.333. The lowest BCUT2D eigenvalue weighted by atomic mass is 10.1. The quantitative estimate of drug-likeness (QED) is 0.440. The van der Waals surface area contributed by atoms with E-state index in [1.807, 2.05) is 0 Å². The van der Waals surface area contributed by atoms with Crippen molar-refractivity contribution >= 4 is 0 Å². The first kappa shape index (κ1) is 11.3. The first-order valence-corrected chi connectivity index (χ1v) is 4.31. The fourth-order valence-corrected chi connectivity index (χ4v) is 1.30. The van der Waals surface area contributed by atoms with Gasteiger partial charge >= 0.3 is 0 Å². The van der Waals surface area contributed by atoms with Gasteiger partial charge in [-0.1, -0.05) is 11.3 Å². The zero-order chi connectivity index (χ0) is 11.3. The second-order valence-electron chi connectivity index (χ2n) is 2.75. The summed E-state index contributed by atoms with van der Waals surface area (Å²) in [4.78, 5) is 0. The van der Waals surface area contributed by atoms with E-state index in [9.17, 15) is 0 Å². The monoisotopic (exact) mass is 210 g/mol. The Morgan fingerprint density at radius 1 is 1.20 bits per heavy atom. The molecule has 6 nitrogen and oxygen atoms in total. The Morgan fingerprint density at radius 2 is 1.73 bits per heavy atom. The van der Waals surface area contributed by atoms with Crippen LogP contribution in [0.2, 0.25) is 0 Å². The average Bonchev–Trinajstić information content (AvgIpc) is 2.28. The smallest absolute Gasteiger partial charge is 0.153 e. The second-order valence-corrected chi connectivity index (χ2v) is 2.75. The molecule has 82 valence electrons. The topological polar surface area (TPSA) is 95.2 Å². The Hall–Kier alpha value is -1.82. The van der Waals surface area contributed by atoms with Crippen molar-refractivity contribution in [3.63, 3.8) is 0 Å². The van der Waals surface area contributed by atoms with Gasteiger partial charge in [0, 0.05) is 0 Å². The van der Waals surface area contributed by atoms with Crippen LogP contribution in [0.15, 0.2) is 28.5 Å². The van der Waals surface area contributed by atoms with Gasteiger partial charge in [0.25, 0.3) is 0 Å². The number of nitrogens with zero attached hydrogens (tertiary/aromatic N) is 2. The third kappa shape index (κ3) is 2.35. The molecule has 0 aliphatic rings. The number of rotatable bonds is 4. The molecule has 0 amide bonds. The molecule has 0 aliphatic heterocycles. The van der Waals surface area contributed by atoms with Crippen LogP contribution in [-0.4, -0.2) is 14.2 Å². The molecule has 1 rings (SSSR count). The summed E-state index contributed by atoms with van der Waals surface area (Å²) in [5.74, 6) is 6.13. The summed E-state index contributed by atoms with van der Waals surface area (Å²) < 4.78 is 10.3. The van der Waals surface area contributed by atoms with Gasteiger partial charge in [-0.15, -0.1) is 5.11 Å². The third-order valence-electron chi connectivity index (χ3n) is 1.95. The van der Waals surface area contributed by atoms with Crippen LogP contribution in [0.4, 0.5) is 0 Å². The highest BCUT2D eigenvalue weighted by Crippen LogP contribution is 2.33. The van der Waals surface area contributed by atoms with Gasteiger partial charge in [0.15, 0.2) is 6.17 Å². The summed E-state index contributed by atoms with van der Waals surface area (Å²) in [6.07, 6.45) is -0.693. The molecule has 0 spiro atoms. The molecule has 0 aliphatic carbocycles. The van der Waals surface area contributed by atoms with Crippen molar-refractivity contribution in [2.45, 2.75) is 6.17 Å². The maximum atomic E-state index is 5.76. The highest BCUT2D eigenvalue weighted by molar-refractivity contribution is 5.46. The fourth-order valence-electron chi connectivity index (χ4n) is 1.30. The molecule has 1 unspecified atom stereocenters. The van der Waals surface area contributed by atoms with E-state index in [-0.39, 0.29) is 0 Å². The van der Waals surface area contributed by atoms with Crippen LogP contribution in [0.5, 0.6) is 11.5 Å². The first-order valence-electron chi connectivity index (χ1n) is 4.31. The Kier molecular flexibility index (Phi) is 3.87. The van der Waals surface area contributed by atoms with Gasteiger partial charge in [-0.3, -0.25) is 0 Å². The number of hydrogen-bond donors (Lipinski definition) is 2. The van der Waals surface area contributed by atoms with E-state index in [1.165, 1.54) is 0 Å². The van der Waals surface area contributed by atoms with Gasteiger partial charge < -0.3 is 21.1 Å². The van der Waals surface area contributed by atoms with E-state index < -0.39 is 6.17 Å². The predicted octanol–water partition coefficient (Wildman–Crippen LogP) is 0.987. The summed E-state index contributed by atoms with van der Waals surface area (Å²) in [6, 6.07) is 5.33. The van der Waals surface area contributed by atoms with Crippen LogP contribution < -0.4 is 21.1 Å². The summed E-state index contributed by atoms with van der Waals surface area (Å²) in [5.41, 5.74) is 6.38. The number of ether oxygens (including phenoxy) is 2. The van der Waals surface area contributed by atoms with Crippen LogP contribution in [-0.2, 0) is 0 Å². The van der Waals surface area contributed by atoms with E-state index in [0.717, 1.165) is 0 Å². The number of hydrogen-bond acceptors (Lipinski definition) is 5. The van der Waals surface area contributed by atoms with E-state index in [1.54, 1.807) is 32.4 Å². The molecule has 0 aromatic heterocycles. The molecule has 0 fully saturated rings. The van der Waals surface area contributed by atoms with Crippen molar-refractivity contribution in [1.29, 1.82) is 0 Å². The zero-order valence-electron chi connectivity index (χ0n) is 8.68. The predicted molar refractivity (Wildman–Crippen MR) is 55.5 cm³/mol. The summed E-state index contributed by atoms with van der Waals surface area (Å²) >= 11 is 0. The Labute approximate surface area is 87.9 Å². The lowest BCUT2D eigenvalue weighted by Gasteiger charge is -2.14. The molecule has 1 aromatic rings. The normalized spacial score (nSPS) is 12.7. The molecule has 0 heterocycles. The van der Waals surface area contributed by atoms with Gasteiger partial charge in [0.1, 0.15) is 11.5 Å². The average molecular weight is 210 g/mol. The van der Waals surface area contributed by atoms with E-state index in [2.05, 4.69) is 10.3 Å². The van der Waals surface area contributed by atoms with Gasteiger partial charge in [-0.2, -0.15) is 0 Å². The van der Waals surface area contributed by atoms with Crippen LogP contribution in [0.25, 0.3) is 0 Å². The summed E-state index contributed by atoms with van der Waals surface area (Å²) in [5, 5.41) is 6.78. The zero-order valence-corrected chi connectivity index (χ0v) is 8.68. The Balaban J connectivity index is 3.21. The van der Waals surface area contributed by atoms with Crippen LogP contribution >= 0.6 is 0 Å². The van der Waals surface area contributed by atoms with Crippen molar-refractivity contribution in [3.05, 3.63) is 23.8 Å². The minimum absolute atomic E-state index is 0.592. The molecule has 1 aromatic carbocycles. The van der Waals surface area contributed by atoms with E-state index in [0.29, 0.717) is 17.1 Å². The van der Waals surface area contributed by atoms with E-state index in [4.69, 9.17) is 21.1 Å². The highest BCUT2D eigenvalue weighted by atomic mass is 16.5. The molecular weight excluding hydrogens is 196 g/mol. The van der Waals surface area contributed by atoms with Crippen LogP contribution in [0, 0.1) is 0 Å². The Bertz CT molecular complexity index is 332. The largest absolute Gasteiger partial charge is 0.496 e. The van der Waals surface area contributed by atoms with Crippen molar-refractivity contribution in [2.75, 3.05) is 14.2 Å². The van der Waals surface area contributed by atoms with Crippen LogP contribution in [0.1, 0.15) is 11.7 Å². The maximum Gasteiger partial charge on any atom is 0.153 e. The third-order valence-corrected chi connectivity index (χ3v) is 1.95. The molecule has 0 saturated heterocycles. The molecule has 15 heavy (non-hydrogen) atoms. The Morgan fingerprint density at radius 3 is 2.13 bits per heavy atom. The lowest BCUT2D eigenvalue weighted by Crippen LogP contribution is -2.10. The molecule has 0 bridgehead atoms.